The summed E-state index contributed by atoms with van der Waals surface area (Å²) in [4.78, 5) is 14.6. The number of aromatic carboxylic acids is 1. The second-order valence-electron chi connectivity index (χ2n) is 4.01. The molecule has 0 saturated carbocycles. The van der Waals surface area contributed by atoms with E-state index < -0.39 is 16.0 Å². The van der Waals surface area contributed by atoms with Crippen molar-refractivity contribution in [3.05, 3.63) is 35.7 Å². The zero-order chi connectivity index (χ0) is 14.6. The second kappa shape index (κ2) is 6.16. The number of thiophene rings is 1. The van der Waals surface area contributed by atoms with Crippen molar-refractivity contribution < 1.29 is 18.3 Å². The van der Waals surface area contributed by atoms with E-state index in [2.05, 4.69) is 9.71 Å². The summed E-state index contributed by atoms with van der Waals surface area (Å²) in [6, 6.07) is 1.16. The zero-order valence-electron chi connectivity index (χ0n) is 10.4. The highest BCUT2D eigenvalue weighted by atomic mass is 32.2. The first kappa shape index (κ1) is 14.7. The molecule has 0 spiro atoms. The normalized spacial score (nSPS) is 11.6. The molecule has 0 saturated heterocycles. The number of aryl methyl sites for hydroxylation is 1. The van der Waals surface area contributed by atoms with Crippen LogP contribution in [-0.2, 0) is 16.6 Å². The lowest BCUT2D eigenvalue weighted by atomic mass is 10.4. The van der Waals surface area contributed by atoms with Crippen molar-refractivity contribution in [2.24, 2.45) is 0 Å². The Labute approximate surface area is 119 Å². The number of carbonyl (C=O) groups is 1. The molecular weight excluding hydrogens is 302 g/mol. The third-order valence-electron chi connectivity index (χ3n) is 2.53. The summed E-state index contributed by atoms with van der Waals surface area (Å²) < 4.78 is 28.1. The fourth-order valence-electron chi connectivity index (χ4n) is 1.53. The van der Waals surface area contributed by atoms with Crippen molar-refractivity contribution in [2.45, 2.75) is 17.2 Å². The zero-order valence-corrected chi connectivity index (χ0v) is 12.0. The van der Waals surface area contributed by atoms with Crippen LogP contribution in [0.4, 0.5) is 0 Å². The van der Waals surface area contributed by atoms with Crippen molar-refractivity contribution in [2.75, 3.05) is 6.54 Å². The second-order valence-corrected chi connectivity index (χ2v) is 6.92. The van der Waals surface area contributed by atoms with Gasteiger partial charge in [-0.15, -0.1) is 11.3 Å². The number of hydrogen-bond donors (Lipinski definition) is 2. The third kappa shape index (κ3) is 3.65. The molecule has 9 heteroatoms. The summed E-state index contributed by atoms with van der Waals surface area (Å²) >= 11 is 0.894. The summed E-state index contributed by atoms with van der Waals surface area (Å²) in [5.41, 5.74) is -0.0196. The molecule has 0 fully saturated rings. The summed E-state index contributed by atoms with van der Waals surface area (Å²) in [5, 5.41) is 10.1. The molecule has 0 bridgehead atoms. The predicted octanol–water partition coefficient (Wildman–Crippen LogP) is 1.01. The molecule has 2 aromatic heterocycles. The van der Waals surface area contributed by atoms with Gasteiger partial charge in [0.2, 0.25) is 10.0 Å². The number of nitrogens with zero attached hydrogens (tertiary/aromatic N) is 2. The van der Waals surface area contributed by atoms with E-state index in [1.165, 1.54) is 5.38 Å². The molecule has 0 aromatic carbocycles. The Morgan fingerprint density at radius 1 is 1.50 bits per heavy atom. The summed E-state index contributed by atoms with van der Waals surface area (Å²) in [6.45, 7) is 0.939. The maximum absolute atomic E-state index is 11.9. The first-order valence-corrected chi connectivity index (χ1v) is 8.12. The number of carboxylic acid groups (broad SMARTS) is 1. The summed E-state index contributed by atoms with van der Waals surface area (Å²) in [7, 11) is -3.63. The number of aromatic nitrogens is 2. The van der Waals surface area contributed by atoms with E-state index in [0.717, 1.165) is 17.4 Å². The van der Waals surface area contributed by atoms with Crippen LogP contribution >= 0.6 is 11.3 Å². The monoisotopic (exact) mass is 315 g/mol. The Hall–Kier alpha value is -1.71. The van der Waals surface area contributed by atoms with E-state index in [1.807, 2.05) is 4.57 Å². The van der Waals surface area contributed by atoms with Gasteiger partial charge in [-0.3, -0.25) is 0 Å². The molecular formula is C11H13N3O4S2. The van der Waals surface area contributed by atoms with Crippen LogP contribution < -0.4 is 4.72 Å². The lowest BCUT2D eigenvalue weighted by Gasteiger charge is -2.05. The van der Waals surface area contributed by atoms with Gasteiger partial charge in [-0.2, -0.15) is 0 Å². The molecule has 0 amide bonds. The third-order valence-corrected chi connectivity index (χ3v) is 5.43. The maximum atomic E-state index is 11.9. The Bertz CT molecular complexity index is 676. The summed E-state index contributed by atoms with van der Waals surface area (Å²) in [6.07, 6.45) is 5.73. The molecule has 0 aliphatic carbocycles. The van der Waals surface area contributed by atoms with Crippen LogP contribution in [0.1, 0.15) is 16.8 Å². The van der Waals surface area contributed by atoms with E-state index in [4.69, 9.17) is 5.11 Å². The van der Waals surface area contributed by atoms with Gasteiger partial charge in [0.05, 0.1) is 11.9 Å². The fourth-order valence-corrected chi connectivity index (χ4v) is 3.80. The van der Waals surface area contributed by atoms with Gasteiger partial charge in [0.1, 0.15) is 4.21 Å². The molecule has 2 rings (SSSR count). The molecule has 0 unspecified atom stereocenters. The van der Waals surface area contributed by atoms with E-state index in [1.54, 1.807) is 18.7 Å². The minimum absolute atomic E-state index is 0.0116. The minimum Gasteiger partial charge on any atom is -0.478 e. The van der Waals surface area contributed by atoms with Gasteiger partial charge in [-0.25, -0.2) is 22.9 Å². The van der Waals surface area contributed by atoms with Gasteiger partial charge in [0, 0.05) is 30.9 Å². The number of rotatable bonds is 7. The van der Waals surface area contributed by atoms with E-state index in [9.17, 15) is 13.2 Å². The molecule has 7 nitrogen and oxygen atoms in total. The quantitative estimate of drug-likeness (QED) is 0.743. The van der Waals surface area contributed by atoms with Crippen LogP contribution in [0.5, 0.6) is 0 Å². The fraction of sp³-hybridized carbons (Fsp3) is 0.273. The first-order valence-electron chi connectivity index (χ1n) is 5.76. The van der Waals surface area contributed by atoms with Crippen molar-refractivity contribution in [1.82, 2.24) is 14.3 Å². The van der Waals surface area contributed by atoms with E-state index in [0.29, 0.717) is 13.0 Å². The maximum Gasteiger partial charge on any atom is 0.336 e. The average molecular weight is 315 g/mol. The largest absolute Gasteiger partial charge is 0.478 e. The van der Waals surface area contributed by atoms with E-state index >= 15 is 0 Å². The Balaban J connectivity index is 1.88. The number of carboxylic acids is 1. The molecule has 2 aromatic rings. The van der Waals surface area contributed by atoms with Crippen molar-refractivity contribution in [1.29, 1.82) is 0 Å². The highest BCUT2D eigenvalue weighted by Gasteiger charge is 2.18. The molecule has 2 N–H and O–H groups in total. The predicted molar refractivity (Wildman–Crippen MR) is 73.3 cm³/mol. The highest BCUT2D eigenvalue weighted by molar-refractivity contribution is 7.91. The van der Waals surface area contributed by atoms with Gasteiger partial charge in [0.15, 0.2) is 0 Å². The van der Waals surface area contributed by atoms with Gasteiger partial charge in [-0.1, -0.05) is 0 Å². The van der Waals surface area contributed by atoms with Crippen molar-refractivity contribution in [3.63, 3.8) is 0 Å². The van der Waals surface area contributed by atoms with Crippen LogP contribution in [0.15, 0.2) is 34.4 Å². The molecule has 0 atom stereocenters. The van der Waals surface area contributed by atoms with Gasteiger partial charge >= 0.3 is 5.97 Å². The highest BCUT2D eigenvalue weighted by Crippen LogP contribution is 2.19. The molecule has 2 heterocycles. The van der Waals surface area contributed by atoms with Crippen LogP contribution in [0.3, 0.4) is 0 Å². The van der Waals surface area contributed by atoms with Crippen LogP contribution in [0, 0.1) is 0 Å². The Kier molecular flexibility index (Phi) is 4.53. The molecule has 0 radical (unpaired) electrons. The lowest BCUT2D eigenvalue weighted by molar-refractivity contribution is 0.0697. The summed E-state index contributed by atoms with van der Waals surface area (Å²) in [5.74, 6) is -1.14. The van der Waals surface area contributed by atoms with Gasteiger partial charge in [0.25, 0.3) is 0 Å². The van der Waals surface area contributed by atoms with E-state index in [-0.39, 0.29) is 16.3 Å². The first-order chi connectivity index (χ1) is 9.49. The van der Waals surface area contributed by atoms with Crippen molar-refractivity contribution in [3.8, 4) is 0 Å². The molecule has 0 aliphatic heterocycles. The standard InChI is InChI=1S/C11H13N3O4S2/c15-11(16)9-6-10(19-7-9)20(17,18)13-2-1-4-14-5-3-12-8-14/h3,5-8,13H,1-2,4H2,(H,15,16). The molecule has 108 valence electrons. The van der Waals surface area contributed by atoms with Gasteiger partial charge in [-0.05, 0) is 12.5 Å². The Morgan fingerprint density at radius 3 is 2.90 bits per heavy atom. The topological polar surface area (TPSA) is 101 Å². The SMILES string of the molecule is O=C(O)c1csc(S(=O)(=O)NCCCn2ccnc2)c1. The molecule has 20 heavy (non-hydrogen) atoms. The number of hydrogen-bond acceptors (Lipinski definition) is 5. The number of imidazole rings is 1. The molecule has 0 aliphatic rings. The van der Waals surface area contributed by atoms with Crippen molar-refractivity contribution >= 4 is 27.3 Å². The average Bonchev–Trinajstić information content (AvgIpc) is 3.05. The van der Waals surface area contributed by atoms with Gasteiger partial charge < -0.3 is 9.67 Å². The van der Waals surface area contributed by atoms with Crippen LogP contribution in [0.25, 0.3) is 0 Å². The smallest absolute Gasteiger partial charge is 0.336 e. The van der Waals surface area contributed by atoms with Crippen LogP contribution in [-0.4, -0.2) is 35.6 Å². The Morgan fingerprint density at radius 2 is 2.30 bits per heavy atom. The lowest BCUT2D eigenvalue weighted by Crippen LogP contribution is -2.24. The van der Waals surface area contributed by atoms with Crippen LogP contribution in [0.2, 0.25) is 0 Å². The minimum atomic E-state index is -3.63. The number of sulfonamides is 1. The number of nitrogens with one attached hydrogen (secondary N) is 1.